The van der Waals surface area contributed by atoms with Crippen LogP contribution in [0, 0.1) is 0 Å². The second-order valence-corrected chi connectivity index (χ2v) is 7.01. The molecule has 0 amide bonds. The Balaban J connectivity index is 1.79. The zero-order valence-corrected chi connectivity index (χ0v) is 15.3. The van der Waals surface area contributed by atoms with Gasteiger partial charge in [-0.2, -0.15) is 0 Å². The molecule has 5 rings (SSSR count). The standard InChI is InChI=1S/C27H18O/c28-18-19-15-22(26-13-5-9-20-7-1-3-11-24(20)26)17-23(16-19)27-14-6-10-21-8-2-4-12-25(21)27/h1-18H. The maximum absolute atomic E-state index is 11.7. The minimum atomic E-state index is 0.688. The van der Waals surface area contributed by atoms with E-state index in [-0.39, 0.29) is 0 Å². The van der Waals surface area contributed by atoms with E-state index >= 15 is 0 Å². The van der Waals surface area contributed by atoms with Crippen LogP contribution in [0.25, 0.3) is 43.8 Å². The van der Waals surface area contributed by atoms with Crippen molar-refractivity contribution in [2.75, 3.05) is 0 Å². The molecule has 0 aromatic heterocycles. The summed E-state index contributed by atoms with van der Waals surface area (Å²) in [6, 6.07) is 35.5. The molecule has 0 fully saturated rings. The molecule has 0 aliphatic carbocycles. The highest BCUT2D eigenvalue weighted by atomic mass is 16.1. The Labute approximate surface area is 163 Å². The van der Waals surface area contributed by atoms with Crippen molar-refractivity contribution >= 4 is 27.8 Å². The Morgan fingerprint density at radius 3 is 1.46 bits per heavy atom. The minimum Gasteiger partial charge on any atom is -0.298 e. The Hall–Kier alpha value is -3.71. The van der Waals surface area contributed by atoms with Crippen LogP contribution in [-0.2, 0) is 0 Å². The first-order chi connectivity index (χ1) is 13.8. The zero-order valence-electron chi connectivity index (χ0n) is 15.3. The summed E-state index contributed by atoms with van der Waals surface area (Å²) in [6.07, 6.45) is 0.934. The van der Waals surface area contributed by atoms with Gasteiger partial charge in [-0.05, 0) is 62.0 Å². The Morgan fingerprint density at radius 2 is 0.964 bits per heavy atom. The Morgan fingerprint density at radius 1 is 0.500 bits per heavy atom. The van der Waals surface area contributed by atoms with Crippen molar-refractivity contribution in [3.63, 3.8) is 0 Å². The number of carbonyl (C=O) groups is 1. The number of carbonyl (C=O) groups excluding carboxylic acids is 1. The summed E-state index contributed by atoms with van der Waals surface area (Å²) in [5.41, 5.74) is 5.09. The van der Waals surface area contributed by atoms with Crippen molar-refractivity contribution in [1.29, 1.82) is 0 Å². The van der Waals surface area contributed by atoms with E-state index in [2.05, 4.69) is 91.0 Å². The van der Waals surface area contributed by atoms with Crippen LogP contribution in [0.1, 0.15) is 10.4 Å². The van der Waals surface area contributed by atoms with Gasteiger partial charge >= 0.3 is 0 Å². The minimum absolute atomic E-state index is 0.688. The van der Waals surface area contributed by atoms with Crippen LogP contribution >= 0.6 is 0 Å². The zero-order chi connectivity index (χ0) is 18.9. The van der Waals surface area contributed by atoms with Crippen LogP contribution in [0.15, 0.2) is 103 Å². The van der Waals surface area contributed by atoms with E-state index < -0.39 is 0 Å². The highest BCUT2D eigenvalue weighted by Gasteiger charge is 2.10. The van der Waals surface area contributed by atoms with Gasteiger partial charge in [0.15, 0.2) is 0 Å². The lowest BCUT2D eigenvalue weighted by Gasteiger charge is -2.12. The van der Waals surface area contributed by atoms with E-state index in [0.29, 0.717) is 5.56 Å². The molecule has 0 N–H and O–H groups in total. The number of fused-ring (bicyclic) bond motifs is 2. The van der Waals surface area contributed by atoms with Crippen LogP contribution < -0.4 is 0 Å². The lowest BCUT2D eigenvalue weighted by molar-refractivity contribution is 0.112. The van der Waals surface area contributed by atoms with Gasteiger partial charge in [-0.1, -0.05) is 84.9 Å². The average Bonchev–Trinajstić information content (AvgIpc) is 2.78. The summed E-state index contributed by atoms with van der Waals surface area (Å²) < 4.78 is 0. The maximum atomic E-state index is 11.7. The van der Waals surface area contributed by atoms with Gasteiger partial charge in [-0.3, -0.25) is 4.79 Å². The monoisotopic (exact) mass is 358 g/mol. The molecule has 0 saturated carbocycles. The molecule has 0 aliphatic rings. The molecule has 0 aliphatic heterocycles. The molecule has 0 unspecified atom stereocenters. The van der Waals surface area contributed by atoms with Crippen molar-refractivity contribution in [3.05, 3.63) is 109 Å². The largest absolute Gasteiger partial charge is 0.298 e. The smallest absolute Gasteiger partial charge is 0.150 e. The molecule has 1 nitrogen and oxygen atoms in total. The third-order valence-electron chi connectivity index (χ3n) is 5.29. The maximum Gasteiger partial charge on any atom is 0.150 e. The van der Waals surface area contributed by atoms with E-state index in [1.807, 2.05) is 12.1 Å². The highest BCUT2D eigenvalue weighted by Crippen LogP contribution is 2.35. The van der Waals surface area contributed by atoms with E-state index in [9.17, 15) is 4.79 Å². The van der Waals surface area contributed by atoms with Crippen LogP contribution in [0.5, 0.6) is 0 Å². The van der Waals surface area contributed by atoms with Crippen LogP contribution in [-0.4, -0.2) is 6.29 Å². The van der Waals surface area contributed by atoms with Gasteiger partial charge in [-0.15, -0.1) is 0 Å². The molecular formula is C27H18O. The summed E-state index contributed by atoms with van der Waals surface area (Å²) in [7, 11) is 0. The fourth-order valence-corrected chi connectivity index (χ4v) is 3.98. The first-order valence-corrected chi connectivity index (χ1v) is 9.40. The molecule has 28 heavy (non-hydrogen) atoms. The van der Waals surface area contributed by atoms with Gasteiger partial charge in [0.25, 0.3) is 0 Å². The van der Waals surface area contributed by atoms with Gasteiger partial charge in [0.05, 0.1) is 0 Å². The van der Waals surface area contributed by atoms with Gasteiger partial charge in [0.2, 0.25) is 0 Å². The molecule has 0 heterocycles. The topological polar surface area (TPSA) is 17.1 Å². The molecular weight excluding hydrogens is 340 g/mol. The number of aldehydes is 1. The molecule has 0 atom stereocenters. The predicted octanol–water partition coefficient (Wildman–Crippen LogP) is 7.14. The molecule has 132 valence electrons. The first kappa shape index (κ1) is 16.5. The fourth-order valence-electron chi connectivity index (χ4n) is 3.98. The Bertz CT molecular complexity index is 1220. The Kier molecular flexibility index (Phi) is 3.99. The van der Waals surface area contributed by atoms with Crippen LogP contribution in [0.3, 0.4) is 0 Å². The molecule has 0 radical (unpaired) electrons. The summed E-state index contributed by atoms with van der Waals surface area (Å²) in [5.74, 6) is 0. The number of rotatable bonds is 3. The summed E-state index contributed by atoms with van der Waals surface area (Å²) in [4.78, 5) is 11.7. The van der Waals surface area contributed by atoms with E-state index in [4.69, 9.17) is 0 Å². The summed E-state index contributed by atoms with van der Waals surface area (Å²) in [5, 5.41) is 4.78. The third-order valence-corrected chi connectivity index (χ3v) is 5.29. The lowest BCUT2D eigenvalue weighted by atomic mass is 9.91. The van der Waals surface area contributed by atoms with Crippen molar-refractivity contribution < 1.29 is 4.79 Å². The SMILES string of the molecule is O=Cc1cc(-c2cccc3ccccc23)cc(-c2cccc3ccccc23)c1. The second kappa shape index (κ2) is 6.79. The number of hydrogen-bond acceptors (Lipinski definition) is 1. The normalized spacial score (nSPS) is 11.0. The second-order valence-electron chi connectivity index (χ2n) is 7.01. The third kappa shape index (κ3) is 2.78. The van der Waals surface area contributed by atoms with Gasteiger partial charge < -0.3 is 0 Å². The van der Waals surface area contributed by atoms with Crippen LogP contribution in [0.2, 0.25) is 0 Å². The predicted molar refractivity (Wildman–Crippen MR) is 118 cm³/mol. The number of hydrogen-bond donors (Lipinski definition) is 0. The molecule has 5 aromatic carbocycles. The summed E-state index contributed by atoms with van der Waals surface area (Å²) in [6.45, 7) is 0. The lowest BCUT2D eigenvalue weighted by Crippen LogP contribution is -1.89. The molecule has 0 saturated heterocycles. The molecule has 0 bridgehead atoms. The highest BCUT2D eigenvalue weighted by molar-refractivity contribution is 6.01. The van der Waals surface area contributed by atoms with E-state index in [1.54, 1.807) is 0 Å². The fraction of sp³-hybridized carbons (Fsp3) is 0. The average molecular weight is 358 g/mol. The van der Waals surface area contributed by atoms with Crippen molar-refractivity contribution in [2.45, 2.75) is 0 Å². The van der Waals surface area contributed by atoms with Gasteiger partial charge in [0, 0.05) is 5.56 Å². The van der Waals surface area contributed by atoms with Crippen LogP contribution in [0.4, 0.5) is 0 Å². The molecule has 1 heteroatoms. The molecule has 5 aromatic rings. The first-order valence-electron chi connectivity index (χ1n) is 9.40. The van der Waals surface area contributed by atoms with Gasteiger partial charge in [0.1, 0.15) is 6.29 Å². The van der Waals surface area contributed by atoms with E-state index in [0.717, 1.165) is 28.5 Å². The van der Waals surface area contributed by atoms with Gasteiger partial charge in [-0.25, -0.2) is 0 Å². The number of benzene rings is 5. The van der Waals surface area contributed by atoms with Crippen molar-refractivity contribution in [3.8, 4) is 22.3 Å². The summed E-state index contributed by atoms with van der Waals surface area (Å²) >= 11 is 0. The molecule has 0 spiro atoms. The van der Waals surface area contributed by atoms with Crippen molar-refractivity contribution in [1.82, 2.24) is 0 Å². The quantitative estimate of drug-likeness (QED) is 0.313. The van der Waals surface area contributed by atoms with Crippen molar-refractivity contribution in [2.24, 2.45) is 0 Å². The van der Waals surface area contributed by atoms with E-state index in [1.165, 1.54) is 21.5 Å².